The molecule has 1 fully saturated rings. The molecule has 23 heavy (non-hydrogen) atoms. The first-order valence-electron chi connectivity index (χ1n) is 7.99. The number of halogens is 2. The van der Waals surface area contributed by atoms with Gasteiger partial charge in [0.05, 0.1) is 9.90 Å². The Balaban J connectivity index is 1.38. The molecule has 0 amide bonds. The van der Waals surface area contributed by atoms with E-state index >= 15 is 0 Å². The number of hydrogen-bond donors (Lipinski definition) is 1. The highest BCUT2D eigenvalue weighted by Gasteiger charge is 2.34. The minimum absolute atomic E-state index is 0.297. The van der Waals surface area contributed by atoms with E-state index in [-0.39, 0.29) is 5.82 Å². The van der Waals surface area contributed by atoms with E-state index in [0.29, 0.717) is 10.6 Å². The van der Waals surface area contributed by atoms with Crippen LogP contribution in [-0.4, -0.2) is 11.5 Å². The van der Waals surface area contributed by atoms with Crippen molar-refractivity contribution in [1.82, 2.24) is 10.3 Å². The van der Waals surface area contributed by atoms with Crippen LogP contribution in [-0.2, 0) is 6.54 Å². The molecule has 1 aromatic heterocycles. The third-order valence-corrected chi connectivity index (χ3v) is 6.19. The van der Waals surface area contributed by atoms with Crippen LogP contribution in [0.25, 0.3) is 10.4 Å². The molecular weight excluding hydrogens is 331 g/mol. The lowest BCUT2D eigenvalue weighted by Gasteiger charge is -2.18. The summed E-state index contributed by atoms with van der Waals surface area (Å²) < 4.78 is 14.0. The zero-order chi connectivity index (χ0) is 15.8. The van der Waals surface area contributed by atoms with E-state index in [1.54, 1.807) is 18.3 Å². The van der Waals surface area contributed by atoms with E-state index in [1.807, 2.05) is 0 Å². The van der Waals surface area contributed by atoms with E-state index in [2.05, 4.69) is 22.5 Å². The zero-order valence-corrected chi connectivity index (χ0v) is 14.2. The van der Waals surface area contributed by atoms with Gasteiger partial charge in [0, 0.05) is 18.3 Å². The number of fused-ring (bicyclic) bond motifs is 2. The Morgan fingerprint density at radius 2 is 2.22 bits per heavy atom. The summed E-state index contributed by atoms with van der Waals surface area (Å²) >= 11 is 7.62. The molecule has 3 atom stereocenters. The van der Waals surface area contributed by atoms with Crippen molar-refractivity contribution in [2.45, 2.75) is 19.4 Å². The number of thiazole rings is 1. The van der Waals surface area contributed by atoms with Crippen LogP contribution < -0.4 is 5.32 Å². The molecule has 1 saturated carbocycles. The van der Waals surface area contributed by atoms with Gasteiger partial charge in [0.25, 0.3) is 0 Å². The zero-order valence-electron chi connectivity index (χ0n) is 12.6. The molecule has 1 N–H and O–H groups in total. The third-order valence-electron chi connectivity index (χ3n) is 4.86. The predicted octanol–water partition coefficient (Wildman–Crippen LogP) is 4.90. The molecule has 4 rings (SSSR count). The lowest BCUT2D eigenvalue weighted by molar-refractivity contribution is 0.414. The highest BCUT2D eigenvalue weighted by Crippen LogP contribution is 2.43. The topological polar surface area (TPSA) is 24.9 Å². The summed E-state index contributed by atoms with van der Waals surface area (Å²) in [4.78, 5) is 5.19. The summed E-state index contributed by atoms with van der Waals surface area (Å²) in [7, 11) is 0. The van der Waals surface area contributed by atoms with Crippen LogP contribution in [0.1, 0.15) is 17.8 Å². The normalized spacial score (nSPS) is 25.4. The summed E-state index contributed by atoms with van der Waals surface area (Å²) in [6.45, 7) is 1.76. The van der Waals surface area contributed by atoms with Gasteiger partial charge in [0.15, 0.2) is 0 Å². The van der Waals surface area contributed by atoms with Gasteiger partial charge in [-0.1, -0.05) is 29.8 Å². The summed E-state index contributed by atoms with van der Waals surface area (Å²) in [5.74, 6) is 2.03. The molecule has 3 unspecified atom stereocenters. The third kappa shape index (κ3) is 3.08. The lowest BCUT2D eigenvalue weighted by Crippen LogP contribution is -2.24. The van der Waals surface area contributed by atoms with Crippen molar-refractivity contribution in [3.05, 3.63) is 52.4 Å². The lowest BCUT2D eigenvalue weighted by atomic mass is 9.94. The highest BCUT2D eigenvalue weighted by molar-refractivity contribution is 7.15. The van der Waals surface area contributed by atoms with Gasteiger partial charge in [0.1, 0.15) is 10.8 Å². The Kier molecular flexibility index (Phi) is 4.22. The maximum atomic E-state index is 14.0. The van der Waals surface area contributed by atoms with Crippen LogP contribution in [0, 0.1) is 23.6 Å². The van der Waals surface area contributed by atoms with Crippen LogP contribution in [0.2, 0.25) is 5.02 Å². The average Bonchev–Trinajstić information content (AvgIpc) is 3.24. The molecule has 0 saturated heterocycles. The largest absolute Gasteiger partial charge is 0.310 e. The fourth-order valence-electron chi connectivity index (χ4n) is 3.73. The van der Waals surface area contributed by atoms with Crippen molar-refractivity contribution < 1.29 is 4.39 Å². The van der Waals surface area contributed by atoms with Gasteiger partial charge in [-0.2, -0.15) is 0 Å². The molecule has 2 nitrogen and oxygen atoms in total. The number of nitrogens with zero attached hydrogens (tertiary/aromatic N) is 1. The van der Waals surface area contributed by atoms with Crippen molar-refractivity contribution in [1.29, 1.82) is 0 Å². The van der Waals surface area contributed by atoms with Gasteiger partial charge in [-0.25, -0.2) is 9.37 Å². The Labute approximate surface area is 144 Å². The standard InChI is InChI=1S/C18H18ClFN2S/c19-14-2-1-3-15(20)18(14)16-9-22-17(23-16)10-21-8-13-7-11-4-5-12(13)6-11/h1-5,9,11-13,21H,6-8,10H2. The molecule has 1 aromatic carbocycles. The Hall–Kier alpha value is -1.23. The summed E-state index contributed by atoms with van der Waals surface area (Å²) in [5.41, 5.74) is 0.455. The molecule has 2 aliphatic carbocycles. The van der Waals surface area contributed by atoms with Crippen molar-refractivity contribution >= 4 is 22.9 Å². The Morgan fingerprint density at radius 1 is 1.30 bits per heavy atom. The van der Waals surface area contributed by atoms with E-state index in [4.69, 9.17) is 11.6 Å². The van der Waals surface area contributed by atoms with E-state index < -0.39 is 0 Å². The van der Waals surface area contributed by atoms with Crippen LogP contribution in [0.5, 0.6) is 0 Å². The first kappa shape index (κ1) is 15.3. The first-order valence-corrected chi connectivity index (χ1v) is 9.18. The quantitative estimate of drug-likeness (QED) is 0.777. The second-order valence-corrected chi connectivity index (χ2v) is 7.91. The van der Waals surface area contributed by atoms with Crippen LogP contribution >= 0.6 is 22.9 Å². The van der Waals surface area contributed by atoms with Gasteiger partial charge >= 0.3 is 0 Å². The van der Waals surface area contributed by atoms with Gasteiger partial charge in [-0.3, -0.25) is 0 Å². The van der Waals surface area contributed by atoms with Crippen LogP contribution in [0.4, 0.5) is 4.39 Å². The molecule has 2 aliphatic rings. The van der Waals surface area contributed by atoms with Gasteiger partial charge in [-0.05, 0) is 49.3 Å². The molecule has 0 aliphatic heterocycles. The average molecular weight is 349 g/mol. The smallest absolute Gasteiger partial charge is 0.133 e. The minimum Gasteiger partial charge on any atom is -0.310 e. The number of aromatic nitrogens is 1. The fraction of sp³-hybridized carbons (Fsp3) is 0.389. The second kappa shape index (κ2) is 6.34. The van der Waals surface area contributed by atoms with Crippen LogP contribution in [0.3, 0.4) is 0 Å². The van der Waals surface area contributed by atoms with Gasteiger partial charge in [-0.15, -0.1) is 11.3 Å². The Morgan fingerprint density at radius 3 is 2.96 bits per heavy atom. The predicted molar refractivity (Wildman–Crippen MR) is 93.1 cm³/mol. The molecule has 1 heterocycles. The van der Waals surface area contributed by atoms with E-state index in [9.17, 15) is 4.39 Å². The molecule has 0 spiro atoms. The maximum Gasteiger partial charge on any atom is 0.133 e. The van der Waals surface area contributed by atoms with Crippen molar-refractivity contribution in [3.8, 4) is 10.4 Å². The molecular formula is C18H18ClFN2S. The number of benzene rings is 1. The van der Waals surface area contributed by atoms with Crippen LogP contribution in [0.15, 0.2) is 36.5 Å². The van der Waals surface area contributed by atoms with Crippen molar-refractivity contribution in [2.75, 3.05) is 6.54 Å². The highest BCUT2D eigenvalue weighted by atomic mass is 35.5. The van der Waals surface area contributed by atoms with E-state index in [1.165, 1.54) is 30.2 Å². The monoisotopic (exact) mass is 348 g/mol. The number of nitrogens with one attached hydrogen (secondary N) is 1. The summed E-state index contributed by atoms with van der Waals surface area (Å²) in [5, 5.41) is 4.91. The van der Waals surface area contributed by atoms with E-state index in [0.717, 1.165) is 40.7 Å². The summed E-state index contributed by atoms with van der Waals surface area (Å²) in [6, 6.07) is 4.76. The Bertz CT molecular complexity index is 722. The molecule has 2 bridgehead atoms. The minimum atomic E-state index is -0.297. The maximum absolute atomic E-state index is 14.0. The number of allylic oxidation sites excluding steroid dienone is 2. The molecule has 120 valence electrons. The van der Waals surface area contributed by atoms with Gasteiger partial charge < -0.3 is 5.32 Å². The number of rotatable bonds is 5. The molecule has 0 radical (unpaired) electrons. The fourth-order valence-corrected chi connectivity index (χ4v) is 5.00. The molecule has 5 heteroatoms. The molecule has 2 aromatic rings. The van der Waals surface area contributed by atoms with Gasteiger partial charge in [0.2, 0.25) is 0 Å². The van der Waals surface area contributed by atoms with Crippen molar-refractivity contribution in [2.24, 2.45) is 17.8 Å². The SMILES string of the molecule is Fc1cccc(Cl)c1-c1cnc(CNCC2CC3C=CC2C3)s1. The number of hydrogen-bond acceptors (Lipinski definition) is 3. The second-order valence-electron chi connectivity index (χ2n) is 6.39. The first-order chi connectivity index (χ1) is 11.2. The summed E-state index contributed by atoms with van der Waals surface area (Å²) in [6.07, 6.45) is 9.10. The van der Waals surface area contributed by atoms with Crippen molar-refractivity contribution in [3.63, 3.8) is 0 Å².